The fourth-order valence-corrected chi connectivity index (χ4v) is 1.03. The predicted molar refractivity (Wildman–Crippen MR) is 53.9 cm³/mol. The molecular formula is C9H13NOS. The quantitative estimate of drug-likeness (QED) is 0.557. The van der Waals surface area contributed by atoms with Crippen LogP contribution in [0, 0.1) is 0 Å². The van der Waals surface area contributed by atoms with Gasteiger partial charge in [-0.25, -0.2) is 0 Å². The van der Waals surface area contributed by atoms with E-state index in [1.54, 1.807) is 6.07 Å². The third kappa shape index (κ3) is 2.34. The maximum Gasteiger partial charge on any atom is 0.120 e. The average Bonchev–Trinajstić information content (AvgIpc) is 2.07. The molecule has 2 nitrogen and oxygen atoms in total. The molecule has 66 valence electrons. The van der Waals surface area contributed by atoms with Crippen molar-refractivity contribution in [3.8, 4) is 5.75 Å². The molecule has 0 atom stereocenters. The molecule has 2 N–H and O–H groups in total. The third-order valence-corrected chi connectivity index (χ3v) is 1.86. The summed E-state index contributed by atoms with van der Waals surface area (Å²) in [6, 6.07) is 5.48. The van der Waals surface area contributed by atoms with Crippen LogP contribution in [0.5, 0.6) is 5.75 Å². The maximum atomic E-state index is 5.59. The fourth-order valence-electron chi connectivity index (χ4n) is 0.833. The molecule has 1 rings (SSSR count). The molecule has 12 heavy (non-hydrogen) atoms. The lowest BCUT2D eigenvalue weighted by molar-refractivity contribution is 0.317. The van der Waals surface area contributed by atoms with E-state index >= 15 is 0 Å². The molecule has 0 fully saturated rings. The van der Waals surface area contributed by atoms with E-state index in [2.05, 4.69) is 19.6 Å². The van der Waals surface area contributed by atoms with Crippen LogP contribution in [0.25, 0.3) is 0 Å². The van der Waals surface area contributed by atoms with Crippen molar-refractivity contribution in [1.29, 1.82) is 0 Å². The Kier molecular flexibility index (Phi) is 3.29. The topological polar surface area (TPSA) is 35.2 Å². The number of hydrogen-bond acceptors (Lipinski definition) is 3. The van der Waals surface area contributed by atoms with Crippen molar-refractivity contribution in [3.05, 3.63) is 18.2 Å². The molecule has 0 radical (unpaired) electrons. The van der Waals surface area contributed by atoms with E-state index in [4.69, 9.17) is 10.5 Å². The van der Waals surface area contributed by atoms with Crippen LogP contribution in [-0.2, 0) is 0 Å². The Bertz CT molecular complexity index is 263. The Morgan fingerprint density at radius 3 is 2.83 bits per heavy atom. The maximum absolute atomic E-state index is 5.59. The Morgan fingerprint density at radius 2 is 2.25 bits per heavy atom. The van der Waals surface area contributed by atoms with E-state index in [0.29, 0.717) is 5.69 Å². The molecule has 0 heterocycles. The van der Waals surface area contributed by atoms with Crippen molar-refractivity contribution in [3.63, 3.8) is 0 Å². The molecule has 0 bridgehead atoms. The highest BCUT2D eigenvalue weighted by atomic mass is 32.1. The number of benzene rings is 1. The van der Waals surface area contributed by atoms with Gasteiger partial charge in [-0.15, -0.1) is 12.6 Å². The van der Waals surface area contributed by atoms with Gasteiger partial charge >= 0.3 is 0 Å². The number of anilines is 1. The second-order valence-electron chi connectivity index (χ2n) is 2.57. The predicted octanol–water partition coefficient (Wildman–Crippen LogP) is 2.35. The molecule has 0 aromatic heterocycles. The van der Waals surface area contributed by atoms with E-state index in [1.807, 2.05) is 12.1 Å². The van der Waals surface area contributed by atoms with E-state index in [-0.39, 0.29) is 0 Å². The first-order valence-corrected chi connectivity index (χ1v) is 4.40. The molecule has 0 saturated carbocycles. The van der Waals surface area contributed by atoms with E-state index in [0.717, 1.165) is 23.7 Å². The number of nitrogen functional groups attached to an aromatic ring is 1. The minimum atomic E-state index is 0.683. The Labute approximate surface area is 78.1 Å². The van der Waals surface area contributed by atoms with Crippen LogP contribution in [0.4, 0.5) is 5.69 Å². The van der Waals surface area contributed by atoms with Crippen LogP contribution < -0.4 is 10.5 Å². The average molecular weight is 183 g/mol. The third-order valence-electron chi connectivity index (χ3n) is 1.47. The van der Waals surface area contributed by atoms with Crippen LogP contribution in [0.3, 0.4) is 0 Å². The summed E-state index contributed by atoms with van der Waals surface area (Å²) < 4.78 is 5.39. The SMILES string of the molecule is CCCOc1ccc(N)c(S)c1. The van der Waals surface area contributed by atoms with E-state index < -0.39 is 0 Å². The second-order valence-corrected chi connectivity index (χ2v) is 3.05. The summed E-state index contributed by atoms with van der Waals surface area (Å²) in [7, 11) is 0. The van der Waals surface area contributed by atoms with E-state index in [1.165, 1.54) is 0 Å². The lowest BCUT2D eigenvalue weighted by atomic mass is 10.3. The van der Waals surface area contributed by atoms with Gasteiger partial charge in [-0.2, -0.15) is 0 Å². The number of hydrogen-bond donors (Lipinski definition) is 2. The summed E-state index contributed by atoms with van der Waals surface area (Å²) in [5, 5.41) is 0. The Morgan fingerprint density at radius 1 is 1.50 bits per heavy atom. The molecule has 3 heteroatoms. The Hall–Kier alpha value is -0.830. The van der Waals surface area contributed by atoms with E-state index in [9.17, 15) is 0 Å². The molecular weight excluding hydrogens is 170 g/mol. The lowest BCUT2D eigenvalue weighted by Gasteiger charge is -2.05. The van der Waals surface area contributed by atoms with Crippen LogP contribution in [0.1, 0.15) is 13.3 Å². The van der Waals surface area contributed by atoms with Crippen molar-refractivity contribution in [2.45, 2.75) is 18.2 Å². The van der Waals surface area contributed by atoms with Gasteiger partial charge in [0.05, 0.1) is 6.61 Å². The highest BCUT2D eigenvalue weighted by Gasteiger charge is 1.96. The first-order chi connectivity index (χ1) is 5.74. The molecule has 1 aromatic rings. The largest absolute Gasteiger partial charge is 0.494 e. The summed E-state index contributed by atoms with van der Waals surface area (Å²) in [6.45, 7) is 2.80. The number of rotatable bonds is 3. The van der Waals surface area contributed by atoms with Crippen LogP contribution in [0.15, 0.2) is 23.1 Å². The zero-order chi connectivity index (χ0) is 8.97. The molecule has 0 spiro atoms. The highest BCUT2D eigenvalue weighted by molar-refractivity contribution is 7.80. The normalized spacial score (nSPS) is 9.83. The zero-order valence-corrected chi connectivity index (χ0v) is 7.97. The minimum Gasteiger partial charge on any atom is -0.494 e. The first kappa shape index (κ1) is 9.26. The summed E-state index contributed by atoms with van der Waals surface area (Å²) >= 11 is 4.18. The standard InChI is InChI=1S/C9H13NOS/c1-2-5-11-7-3-4-8(10)9(12)6-7/h3-4,6,12H,2,5,10H2,1H3. The molecule has 0 saturated heterocycles. The smallest absolute Gasteiger partial charge is 0.120 e. The zero-order valence-electron chi connectivity index (χ0n) is 7.08. The second kappa shape index (κ2) is 4.26. The first-order valence-electron chi connectivity index (χ1n) is 3.95. The van der Waals surface area contributed by atoms with Gasteiger partial charge in [0, 0.05) is 10.6 Å². The monoisotopic (exact) mass is 183 g/mol. The molecule has 0 aliphatic heterocycles. The van der Waals surface area contributed by atoms with Crippen molar-refractivity contribution in [1.82, 2.24) is 0 Å². The summed E-state index contributed by atoms with van der Waals surface area (Å²) in [4.78, 5) is 0.767. The summed E-state index contributed by atoms with van der Waals surface area (Å²) in [5.41, 5.74) is 6.27. The molecule has 1 aromatic carbocycles. The van der Waals surface area contributed by atoms with Gasteiger partial charge in [-0.3, -0.25) is 0 Å². The van der Waals surface area contributed by atoms with Crippen LogP contribution >= 0.6 is 12.6 Å². The van der Waals surface area contributed by atoms with Crippen molar-refractivity contribution in [2.24, 2.45) is 0 Å². The molecule has 0 unspecified atom stereocenters. The van der Waals surface area contributed by atoms with Gasteiger partial charge in [-0.05, 0) is 24.6 Å². The Balaban J connectivity index is 2.69. The van der Waals surface area contributed by atoms with Gasteiger partial charge in [0.1, 0.15) is 5.75 Å². The minimum absolute atomic E-state index is 0.683. The van der Waals surface area contributed by atoms with Crippen molar-refractivity contribution >= 4 is 18.3 Å². The van der Waals surface area contributed by atoms with Gasteiger partial charge < -0.3 is 10.5 Å². The van der Waals surface area contributed by atoms with Gasteiger partial charge in [-0.1, -0.05) is 6.92 Å². The highest BCUT2D eigenvalue weighted by Crippen LogP contribution is 2.22. The summed E-state index contributed by atoms with van der Waals surface area (Å²) in [5.74, 6) is 0.830. The van der Waals surface area contributed by atoms with Crippen molar-refractivity contribution < 1.29 is 4.74 Å². The van der Waals surface area contributed by atoms with Crippen LogP contribution in [0.2, 0.25) is 0 Å². The number of thiol groups is 1. The lowest BCUT2D eigenvalue weighted by Crippen LogP contribution is -1.95. The fraction of sp³-hybridized carbons (Fsp3) is 0.333. The van der Waals surface area contributed by atoms with Gasteiger partial charge in [0.15, 0.2) is 0 Å². The summed E-state index contributed by atoms with van der Waals surface area (Å²) in [6.07, 6.45) is 1.01. The van der Waals surface area contributed by atoms with Gasteiger partial charge in [0.25, 0.3) is 0 Å². The van der Waals surface area contributed by atoms with Gasteiger partial charge in [0.2, 0.25) is 0 Å². The molecule has 0 aliphatic rings. The van der Waals surface area contributed by atoms with Crippen molar-refractivity contribution in [2.75, 3.05) is 12.3 Å². The molecule has 0 amide bonds. The number of ether oxygens (including phenoxy) is 1. The number of nitrogens with two attached hydrogens (primary N) is 1. The molecule has 0 aliphatic carbocycles. The van der Waals surface area contributed by atoms with Crippen LogP contribution in [-0.4, -0.2) is 6.61 Å².